The summed E-state index contributed by atoms with van der Waals surface area (Å²) in [4.78, 5) is 22.2. The maximum atomic E-state index is 12.5. The van der Waals surface area contributed by atoms with Gasteiger partial charge in [0.15, 0.2) is 0 Å². The molecule has 8 heteroatoms. The summed E-state index contributed by atoms with van der Waals surface area (Å²) >= 11 is 0. The third-order valence-corrected chi connectivity index (χ3v) is 5.01. The Kier molecular flexibility index (Phi) is 5.44. The Morgan fingerprint density at radius 1 is 1.08 bits per heavy atom. The number of hydrogen-bond donors (Lipinski definition) is 2. The molecule has 0 saturated heterocycles. The van der Waals surface area contributed by atoms with Crippen molar-refractivity contribution in [3.63, 3.8) is 0 Å². The molecule has 0 saturated carbocycles. The number of carboxylic acid groups (broad SMARTS) is 1. The van der Waals surface area contributed by atoms with Gasteiger partial charge in [-0.3, -0.25) is 9.59 Å². The third-order valence-electron chi connectivity index (χ3n) is 3.57. The monoisotopic (exact) mass is 365 g/mol. The lowest BCUT2D eigenvalue weighted by atomic mass is 10.1. The van der Waals surface area contributed by atoms with Crippen LogP contribution in [0.3, 0.4) is 0 Å². The highest BCUT2D eigenvalue weighted by atomic mass is 32.2. The Labute approximate surface area is 145 Å². The van der Waals surface area contributed by atoms with Crippen molar-refractivity contribution in [1.29, 1.82) is 0 Å². The summed E-state index contributed by atoms with van der Waals surface area (Å²) in [6.45, 7) is 4.54. The number of benzene rings is 2. The standard InChI is InChI=1S/C17H19NO6S/c1-10(2)16(17(20)21)18-25(22,23)15-7-5-12-8-14(24-11(3)19)6-4-13(12)9-15/h4-10,16,18H,1-3H3,(H,20,21)/t16-/m1/s1. The molecule has 7 nitrogen and oxygen atoms in total. The van der Waals surface area contributed by atoms with Crippen LogP contribution in [0, 0.1) is 5.92 Å². The molecule has 0 fully saturated rings. The molecule has 1 atom stereocenters. The van der Waals surface area contributed by atoms with Crippen molar-refractivity contribution in [3.8, 4) is 5.75 Å². The van der Waals surface area contributed by atoms with Crippen LogP contribution < -0.4 is 9.46 Å². The summed E-state index contributed by atoms with van der Waals surface area (Å²) < 4.78 is 32.1. The van der Waals surface area contributed by atoms with Gasteiger partial charge >= 0.3 is 11.9 Å². The number of hydrogen-bond acceptors (Lipinski definition) is 5. The quantitative estimate of drug-likeness (QED) is 0.600. The molecule has 2 N–H and O–H groups in total. The summed E-state index contributed by atoms with van der Waals surface area (Å²) in [5.41, 5.74) is 0. The van der Waals surface area contributed by atoms with E-state index in [2.05, 4.69) is 4.72 Å². The normalized spacial score (nSPS) is 13.0. The smallest absolute Gasteiger partial charge is 0.322 e. The van der Waals surface area contributed by atoms with Crippen LogP contribution in [0.25, 0.3) is 10.8 Å². The molecule has 0 aliphatic carbocycles. The minimum absolute atomic E-state index is 0.0351. The number of fused-ring (bicyclic) bond motifs is 1. The summed E-state index contributed by atoms with van der Waals surface area (Å²) in [7, 11) is -3.99. The number of sulfonamides is 1. The van der Waals surface area contributed by atoms with E-state index in [-0.39, 0.29) is 4.90 Å². The van der Waals surface area contributed by atoms with E-state index in [1.807, 2.05) is 0 Å². The highest BCUT2D eigenvalue weighted by Gasteiger charge is 2.28. The van der Waals surface area contributed by atoms with E-state index in [9.17, 15) is 18.0 Å². The van der Waals surface area contributed by atoms with Crippen molar-refractivity contribution >= 4 is 32.7 Å². The number of aliphatic carboxylic acids is 1. The maximum Gasteiger partial charge on any atom is 0.322 e. The Morgan fingerprint density at radius 2 is 1.68 bits per heavy atom. The van der Waals surface area contributed by atoms with E-state index < -0.39 is 33.9 Å². The zero-order chi connectivity index (χ0) is 18.8. The van der Waals surface area contributed by atoms with E-state index in [4.69, 9.17) is 9.84 Å². The molecule has 0 amide bonds. The average Bonchev–Trinajstić information content (AvgIpc) is 2.51. The molecule has 25 heavy (non-hydrogen) atoms. The Morgan fingerprint density at radius 3 is 2.24 bits per heavy atom. The summed E-state index contributed by atoms with van der Waals surface area (Å²) in [5, 5.41) is 10.5. The van der Waals surface area contributed by atoms with Gasteiger partial charge in [-0.15, -0.1) is 0 Å². The van der Waals surface area contributed by atoms with Crippen molar-refractivity contribution in [2.45, 2.75) is 31.7 Å². The molecule has 2 aromatic carbocycles. The molecule has 0 spiro atoms. The second-order valence-corrected chi connectivity index (χ2v) is 7.66. The van der Waals surface area contributed by atoms with Crippen LogP contribution in [0.4, 0.5) is 0 Å². The molecular weight excluding hydrogens is 346 g/mol. The molecule has 0 radical (unpaired) electrons. The zero-order valence-electron chi connectivity index (χ0n) is 14.0. The van der Waals surface area contributed by atoms with Gasteiger partial charge in [-0.1, -0.05) is 26.0 Å². The van der Waals surface area contributed by atoms with Gasteiger partial charge < -0.3 is 9.84 Å². The molecule has 0 aliphatic heterocycles. The topological polar surface area (TPSA) is 110 Å². The largest absolute Gasteiger partial charge is 0.480 e. The fourth-order valence-electron chi connectivity index (χ4n) is 2.31. The first-order valence-electron chi connectivity index (χ1n) is 7.57. The molecule has 0 bridgehead atoms. The van der Waals surface area contributed by atoms with Gasteiger partial charge in [0.1, 0.15) is 11.8 Å². The first-order valence-corrected chi connectivity index (χ1v) is 9.06. The zero-order valence-corrected chi connectivity index (χ0v) is 14.8. The Balaban J connectivity index is 2.37. The molecular formula is C17H19NO6S. The number of carbonyl (C=O) groups excluding carboxylic acids is 1. The van der Waals surface area contributed by atoms with E-state index in [1.54, 1.807) is 38.1 Å². The summed E-state index contributed by atoms with van der Waals surface area (Å²) in [6, 6.07) is 7.98. The van der Waals surface area contributed by atoms with Crippen LogP contribution in [0.15, 0.2) is 41.3 Å². The second kappa shape index (κ2) is 7.20. The maximum absolute atomic E-state index is 12.5. The Hall–Kier alpha value is -2.45. The van der Waals surface area contributed by atoms with Crippen molar-refractivity contribution in [3.05, 3.63) is 36.4 Å². The lowest BCUT2D eigenvalue weighted by Gasteiger charge is -2.18. The van der Waals surface area contributed by atoms with Crippen molar-refractivity contribution < 1.29 is 27.9 Å². The Bertz CT molecular complexity index is 920. The third kappa shape index (κ3) is 4.55. The number of ether oxygens (including phenoxy) is 1. The molecule has 0 aromatic heterocycles. The first-order chi connectivity index (χ1) is 11.6. The molecule has 134 valence electrons. The second-order valence-electron chi connectivity index (χ2n) is 5.95. The summed E-state index contributed by atoms with van der Waals surface area (Å²) in [6.07, 6.45) is 0. The fraction of sp³-hybridized carbons (Fsp3) is 0.294. The lowest BCUT2D eigenvalue weighted by molar-refractivity contribution is -0.140. The van der Waals surface area contributed by atoms with Gasteiger partial charge in [-0.2, -0.15) is 4.72 Å². The van der Waals surface area contributed by atoms with Crippen LogP contribution in [0.1, 0.15) is 20.8 Å². The minimum Gasteiger partial charge on any atom is -0.480 e. The van der Waals surface area contributed by atoms with Gasteiger partial charge in [0.2, 0.25) is 10.0 Å². The van der Waals surface area contributed by atoms with Gasteiger partial charge in [0.25, 0.3) is 0 Å². The predicted octanol–water partition coefficient (Wildman–Crippen LogP) is 2.15. The highest BCUT2D eigenvalue weighted by Crippen LogP contribution is 2.24. The molecule has 2 rings (SSSR count). The number of nitrogens with one attached hydrogen (secondary N) is 1. The number of carbonyl (C=O) groups is 2. The van der Waals surface area contributed by atoms with Crippen molar-refractivity contribution in [2.24, 2.45) is 5.92 Å². The van der Waals surface area contributed by atoms with Crippen molar-refractivity contribution in [1.82, 2.24) is 4.72 Å². The predicted molar refractivity (Wildman–Crippen MR) is 91.8 cm³/mol. The van der Waals surface area contributed by atoms with Crippen LogP contribution in [0.5, 0.6) is 5.75 Å². The number of rotatable bonds is 6. The van der Waals surface area contributed by atoms with Crippen LogP contribution in [0.2, 0.25) is 0 Å². The molecule has 0 aliphatic rings. The van der Waals surface area contributed by atoms with E-state index in [1.165, 1.54) is 19.1 Å². The molecule has 0 heterocycles. The minimum atomic E-state index is -3.99. The first kappa shape index (κ1) is 18.9. The molecule has 0 unspecified atom stereocenters. The van der Waals surface area contributed by atoms with Gasteiger partial charge in [-0.05, 0) is 41.0 Å². The number of esters is 1. The van der Waals surface area contributed by atoms with Gasteiger partial charge in [-0.25, -0.2) is 8.42 Å². The van der Waals surface area contributed by atoms with E-state index in [0.717, 1.165) is 0 Å². The van der Waals surface area contributed by atoms with Crippen molar-refractivity contribution in [2.75, 3.05) is 0 Å². The molecule has 2 aromatic rings. The van der Waals surface area contributed by atoms with Gasteiger partial charge in [0.05, 0.1) is 4.90 Å². The number of carboxylic acids is 1. The summed E-state index contributed by atoms with van der Waals surface area (Å²) in [5.74, 6) is -1.72. The SMILES string of the molecule is CC(=O)Oc1ccc2cc(S(=O)(=O)N[C@@H](C(=O)O)C(C)C)ccc2c1. The van der Waals surface area contributed by atoms with E-state index in [0.29, 0.717) is 16.5 Å². The average molecular weight is 365 g/mol. The van der Waals surface area contributed by atoms with Crippen LogP contribution in [-0.2, 0) is 19.6 Å². The van der Waals surface area contributed by atoms with Crippen LogP contribution in [-0.4, -0.2) is 31.5 Å². The van der Waals surface area contributed by atoms with Crippen LogP contribution >= 0.6 is 0 Å². The lowest BCUT2D eigenvalue weighted by Crippen LogP contribution is -2.44. The highest BCUT2D eigenvalue weighted by molar-refractivity contribution is 7.89. The van der Waals surface area contributed by atoms with E-state index >= 15 is 0 Å². The fourth-order valence-corrected chi connectivity index (χ4v) is 3.68. The van der Waals surface area contributed by atoms with Gasteiger partial charge in [0, 0.05) is 6.92 Å².